The SMILES string of the molecule is CC(C)C[C@H](NC(=O)C(Cc1ccccc1)NC(=O)c1cnccn1)B1OC(=O)[C@H]2CN(c3ccccc3)C[C@H](C(=O)O1)N2C. The van der Waals surface area contributed by atoms with Crippen molar-refractivity contribution in [2.45, 2.75) is 50.8 Å². The standard InChI is InChI=1S/C32H37BN6O6/c1-21(2)16-28(37-29(40)24(17-22-10-6-4-7-11-22)36-30(41)25-18-34-14-15-35-25)33-44-31(42)26-19-39(23-12-8-5-9-13-23)20-27(38(26)3)32(43)45-33/h4-15,18,21,24,26-28H,16-17,19-20H2,1-3H3,(H,36,41)(H,37,40)/t24?,26-,27-,28+/m1/s1. The molecule has 0 radical (unpaired) electrons. The van der Waals surface area contributed by atoms with Gasteiger partial charge in [0, 0.05) is 37.6 Å². The second-order valence-corrected chi connectivity index (χ2v) is 11.7. The number of fused-ring (bicyclic) bond motifs is 2. The Balaban J connectivity index is 1.36. The van der Waals surface area contributed by atoms with Crippen LogP contribution in [0.5, 0.6) is 0 Å². The summed E-state index contributed by atoms with van der Waals surface area (Å²) >= 11 is 0. The predicted molar refractivity (Wildman–Crippen MR) is 167 cm³/mol. The average molecular weight is 612 g/mol. The molecule has 13 heteroatoms. The molecule has 0 aliphatic carbocycles. The van der Waals surface area contributed by atoms with Crippen LogP contribution < -0.4 is 15.5 Å². The second kappa shape index (κ2) is 14.3. The van der Waals surface area contributed by atoms with Gasteiger partial charge in [0.15, 0.2) is 0 Å². The smallest absolute Gasteiger partial charge is 0.497 e. The maximum atomic E-state index is 13.9. The molecule has 4 atom stereocenters. The quantitative estimate of drug-likeness (QED) is 0.325. The van der Waals surface area contributed by atoms with Gasteiger partial charge in [-0.25, -0.2) is 4.98 Å². The number of para-hydroxylation sites is 1. The number of rotatable bonds is 10. The van der Waals surface area contributed by atoms with Crippen LogP contribution in [0, 0.1) is 5.92 Å². The van der Waals surface area contributed by atoms with Gasteiger partial charge in [-0.1, -0.05) is 62.4 Å². The zero-order chi connectivity index (χ0) is 31.9. The Hall–Kier alpha value is -4.78. The highest BCUT2D eigenvalue weighted by Gasteiger charge is 2.50. The van der Waals surface area contributed by atoms with E-state index in [1.807, 2.05) is 79.4 Å². The third-order valence-electron chi connectivity index (χ3n) is 7.98. The van der Waals surface area contributed by atoms with Crippen molar-refractivity contribution in [1.82, 2.24) is 25.5 Å². The van der Waals surface area contributed by atoms with Gasteiger partial charge in [-0.2, -0.15) is 0 Å². The van der Waals surface area contributed by atoms with E-state index < -0.39 is 54.9 Å². The molecule has 2 aromatic carbocycles. The van der Waals surface area contributed by atoms with E-state index in [4.69, 9.17) is 9.31 Å². The fourth-order valence-electron chi connectivity index (χ4n) is 5.61. The Bertz CT molecular complexity index is 1450. The van der Waals surface area contributed by atoms with E-state index in [9.17, 15) is 19.2 Å². The number of nitrogens with one attached hydrogen (secondary N) is 2. The third-order valence-corrected chi connectivity index (χ3v) is 7.98. The molecule has 2 amide bonds. The van der Waals surface area contributed by atoms with Crippen LogP contribution in [0.15, 0.2) is 79.3 Å². The predicted octanol–water partition coefficient (Wildman–Crippen LogP) is 1.67. The molecule has 2 fully saturated rings. The summed E-state index contributed by atoms with van der Waals surface area (Å²) in [5.74, 6) is -3.03. The van der Waals surface area contributed by atoms with Crippen molar-refractivity contribution in [3.63, 3.8) is 0 Å². The average Bonchev–Trinajstić information content (AvgIpc) is 3.04. The second-order valence-electron chi connectivity index (χ2n) is 11.7. The van der Waals surface area contributed by atoms with Crippen LogP contribution in [-0.2, 0) is 30.1 Å². The van der Waals surface area contributed by atoms with Crippen molar-refractivity contribution in [2.24, 2.45) is 5.92 Å². The van der Waals surface area contributed by atoms with Gasteiger partial charge in [-0.15, -0.1) is 0 Å². The summed E-state index contributed by atoms with van der Waals surface area (Å²) in [6.07, 6.45) is 4.68. The lowest BCUT2D eigenvalue weighted by Crippen LogP contribution is -2.67. The van der Waals surface area contributed by atoms with Crippen LogP contribution in [0.2, 0.25) is 0 Å². The molecule has 2 N–H and O–H groups in total. The summed E-state index contributed by atoms with van der Waals surface area (Å²) in [4.78, 5) is 65.6. The van der Waals surface area contributed by atoms with Crippen LogP contribution in [0.4, 0.5) is 5.69 Å². The molecule has 2 bridgehead atoms. The summed E-state index contributed by atoms with van der Waals surface area (Å²) in [7, 11) is 0.355. The molecule has 1 unspecified atom stereocenters. The minimum Gasteiger partial charge on any atom is -0.497 e. The van der Waals surface area contributed by atoms with Gasteiger partial charge in [0.05, 0.1) is 12.1 Å². The van der Waals surface area contributed by atoms with Crippen LogP contribution in [0.1, 0.15) is 36.3 Å². The van der Waals surface area contributed by atoms with Gasteiger partial charge >= 0.3 is 19.1 Å². The summed E-state index contributed by atoms with van der Waals surface area (Å²) in [6.45, 7) is 4.54. The van der Waals surface area contributed by atoms with E-state index >= 15 is 0 Å². The normalized spacial score (nSPS) is 19.9. The Morgan fingerprint density at radius 1 is 0.933 bits per heavy atom. The number of amides is 2. The van der Waals surface area contributed by atoms with E-state index in [1.54, 1.807) is 11.9 Å². The Labute approximate surface area is 262 Å². The van der Waals surface area contributed by atoms with Gasteiger partial charge in [-0.05, 0) is 37.1 Å². The number of carbonyl (C=O) groups is 4. The van der Waals surface area contributed by atoms with E-state index in [-0.39, 0.29) is 18.0 Å². The van der Waals surface area contributed by atoms with Crippen molar-refractivity contribution in [3.05, 3.63) is 90.5 Å². The summed E-state index contributed by atoms with van der Waals surface area (Å²) in [5.41, 5.74) is 1.77. The Morgan fingerprint density at radius 2 is 1.56 bits per heavy atom. The number of nitrogens with zero attached hydrogens (tertiary/aromatic N) is 4. The number of anilines is 1. The number of carbonyl (C=O) groups excluding carboxylic acids is 4. The zero-order valence-corrected chi connectivity index (χ0v) is 25.5. The van der Waals surface area contributed by atoms with Crippen molar-refractivity contribution < 1.29 is 28.5 Å². The van der Waals surface area contributed by atoms with Crippen LogP contribution >= 0.6 is 0 Å². The molecule has 5 rings (SSSR count). The molecule has 3 heterocycles. The van der Waals surface area contributed by atoms with E-state index in [0.717, 1.165) is 11.3 Å². The maximum Gasteiger partial charge on any atom is 0.622 e. The first-order chi connectivity index (χ1) is 21.7. The zero-order valence-electron chi connectivity index (χ0n) is 25.5. The lowest BCUT2D eigenvalue weighted by atomic mass is 9.73. The fraction of sp³-hybridized carbons (Fsp3) is 0.375. The molecular formula is C32H37BN6O6. The van der Waals surface area contributed by atoms with E-state index in [0.29, 0.717) is 19.5 Å². The highest BCUT2D eigenvalue weighted by Crippen LogP contribution is 2.26. The lowest BCUT2D eigenvalue weighted by Gasteiger charge is -2.45. The van der Waals surface area contributed by atoms with E-state index in [1.165, 1.54) is 18.6 Å². The number of hydrogen-bond acceptors (Lipinski definition) is 10. The molecule has 3 aromatic rings. The van der Waals surface area contributed by atoms with Gasteiger partial charge in [0.2, 0.25) is 5.91 Å². The van der Waals surface area contributed by atoms with Gasteiger partial charge in [-0.3, -0.25) is 29.1 Å². The fourth-order valence-corrected chi connectivity index (χ4v) is 5.61. The van der Waals surface area contributed by atoms with Crippen molar-refractivity contribution in [3.8, 4) is 0 Å². The monoisotopic (exact) mass is 612 g/mol. The molecule has 2 saturated heterocycles. The van der Waals surface area contributed by atoms with Gasteiger partial charge < -0.3 is 24.8 Å². The highest BCUT2D eigenvalue weighted by atomic mass is 16.6. The van der Waals surface area contributed by atoms with Crippen molar-refractivity contribution in [2.75, 3.05) is 25.0 Å². The molecular weight excluding hydrogens is 575 g/mol. The number of benzene rings is 2. The summed E-state index contributed by atoms with van der Waals surface area (Å²) < 4.78 is 11.7. The number of likely N-dealkylation sites (N-methyl/N-ethyl adjacent to an activating group) is 1. The third kappa shape index (κ3) is 7.85. The van der Waals surface area contributed by atoms with Gasteiger partial charge in [0.25, 0.3) is 5.91 Å². The highest BCUT2D eigenvalue weighted by molar-refractivity contribution is 6.51. The van der Waals surface area contributed by atoms with Crippen LogP contribution in [-0.4, -0.2) is 89.9 Å². The van der Waals surface area contributed by atoms with Crippen LogP contribution in [0.3, 0.4) is 0 Å². The van der Waals surface area contributed by atoms with Gasteiger partial charge in [0.1, 0.15) is 23.8 Å². The van der Waals surface area contributed by atoms with E-state index in [2.05, 4.69) is 20.6 Å². The number of hydrogen-bond donors (Lipinski definition) is 2. The molecule has 45 heavy (non-hydrogen) atoms. The maximum absolute atomic E-state index is 13.9. The minimum atomic E-state index is -1.36. The first-order valence-corrected chi connectivity index (χ1v) is 15.0. The molecule has 234 valence electrons. The van der Waals surface area contributed by atoms with Crippen molar-refractivity contribution in [1.29, 1.82) is 0 Å². The largest absolute Gasteiger partial charge is 0.622 e. The summed E-state index contributed by atoms with van der Waals surface area (Å²) in [6, 6.07) is 16.3. The van der Waals surface area contributed by atoms with Crippen molar-refractivity contribution >= 4 is 36.6 Å². The minimum absolute atomic E-state index is 0.0376. The molecule has 2 aliphatic heterocycles. The summed E-state index contributed by atoms with van der Waals surface area (Å²) in [5, 5.41) is 5.69. The Kier molecular flexibility index (Phi) is 10.1. The lowest BCUT2D eigenvalue weighted by molar-refractivity contribution is -0.155. The first kappa shape index (κ1) is 31.6. The topological polar surface area (TPSA) is 143 Å². The first-order valence-electron chi connectivity index (χ1n) is 15.0. The van der Waals surface area contributed by atoms with Crippen LogP contribution in [0.25, 0.3) is 0 Å². The molecule has 2 aliphatic rings. The molecule has 0 spiro atoms. The molecule has 12 nitrogen and oxygen atoms in total. The molecule has 0 saturated carbocycles. The Morgan fingerprint density at radius 3 is 2.13 bits per heavy atom. The molecule has 1 aromatic heterocycles. The number of piperazine rings is 1. The number of aromatic nitrogens is 2.